The highest BCUT2D eigenvalue weighted by atomic mass is 16.2. The highest BCUT2D eigenvalue weighted by Gasteiger charge is 2.04. The molecule has 1 aromatic carbocycles. The molecular weight excluding hydrogens is 262 g/mol. The Morgan fingerprint density at radius 1 is 1.05 bits per heavy atom. The maximum atomic E-state index is 10.8. The van der Waals surface area contributed by atoms with Crippen LogP contribution in [0.15, 0.2) is 35.4 Å². The van der Waals surface area contributed by atoms with Crippen molar-refractivity contribution in [2.45, 2.75) is 58.3 Å². The van der Waals surface area contributed by atoms with Gasteiger partial charge < -0.3 is 5.73 Å². The van der Waals surface area contributed by atoms with Gasteiger partial charge in [-0.15, -0.1) is 0 Å². The van der Waals surface area contributed by atoms with Gasteiger partial charge in [-0.2, -0.15) is 5.10 Å². The fourth-order valence-electron chi connectivity index (χ4n) is 2.27. The van der Waals surface area contributed by atoms with Gasteiger partial charge in [-0.05, 0) is 18.4 Å². The third-order valence-corrected chi connectivity index (χ3v) is 3.43. The van der Waals surface area contributed by atoms with Crippen molar-refractivity contribution in [1.29, 1.82) is 0 Å². The van der Waals surface area contributed by atoms with Crippen molar-refractivity contribution in [3.8, 4) is 0 Å². The van der Waals surface area contributed by atoms with Gasteiger partial charge in [0.05, 0.1) is 5.71 Å². The highest BCUT2D eigenvalue weighted by Crippen LogP contribution is 2.12. The van der Waals surface area contributed by atoms with Crippen molar-refractivity contribution in [2.24, 2.45) is 10.8 Å². The average molecular weight is 289 g/mol. The van der Waals surface area contributed by atoms with Gasteiger partial charge >= 0.3 is 6.03 Å². The van der Waals surface area contributed by atoms with E-state index in [4.69, 9.17) is 5.73 Å². The molecule has 3 N–H and O–H groups in total. The van der Waals surface area contributed by atoms with E-state index in [2.05, 4.69) is 17.5 Å². The van der Waals surface area contributed by atoms with E-state index in [-0.39, 0.29) is 0 Å². The predicted molar refractivity (Wildman–Crippen MR) is 88.3 cm³/mol. The van der Waals surface area contributed by atoms with E-state index < -0.39 is 6.03 Å². The van der Waals surface area contributed by atoms with Gasteiger partial charge in [0.25, 0.3) is 0 Å². The van der Waals surface area contributed by atoms with Crippen molar-refractivity contribution in [3.63, 3.8) is 0 Å². The standard InChI is InChI=1S/C17H27N3O/c1-2-3-4-5-6-7-11-14-16(19-20-17(18)21)15-12-9-8-10-13-15/h8-10,12-13H,2-7,11,14H2,1H3,(H3,18,20,21). The second-order valence-corrected chi connectivity index (χ2v) is 5.27. The van der Waals surface area contributed by atoms with Crippen molar-refractivity contribution in [1.82, 2.24) is 5.43 Å². The lowest BCUT2D eigenvalue weighted by atomic mass is 10.0. The minimum Gasteiger partial charge on any atom is -0.350 e. The number of nitrogens with one attached hydrogen (secondary N) is 1. The molecule has 0 spiro atoms. The van der Waals surface area contributed by atoms with E-state index in [1.165, 1.54) is 38.5 Å². The summed E-state index contributed by atoms with van der Waals surface area (Å²) in [4.78, 5) is 10.8. The Morgan fingerprint density at radius 3 is 2.29 bits per heavy atom. The lowest BCUT2D eigenvalue weighted by Gasteiger charge is -2.07. The molecule has 21 heavy (non-hydrogen) atoms. The summed E-state index contributed by atoms with van der Waals surface area (Å²) in [6.45, 7) is 2.23. The molecule has 0 bridgehead atoms. The number of benzene rings is 1. The molecule has 1 rings (SSSR count). The molecule has 0 atom stereocenters. The van der Waals surface area contributed by atoms with Crippen LogP contribution >= 0.6 is 0 Å². The summed E-state index contributed by atoms with van der Waals surface area (Å²) in [6, 6.07) is 9.30. The minimum atomic E-state index is -0.622. The summed E-state index contributed by atoms with van der Waals surface area (Å²) in [5.41, 5.74) is 9.35. The van der Waals surface area contributed by atoms with Gasteiger partial charge in [-0.3, -0.25) is 0 Å². The molecule has 0 aliphatic heterocycles. The predicted octanol–water partition coefficient (Wildman–Crippen LogP) is 4.20. The topological polar surface area (TPSA) is 67.5 Å². The van der Waals surface area contributed by atoms with Crippen molar-refractivity contribution in [2.75, 3.05) is 0 Å². The lowest BCUT2D eigenvalue weighted by molar-refractivity contribution is 0.249. The van der Waals surface area contributed by atoms with Crippen LogP contribution in [0.5, 0.6) is 0 Å². The molecule has 0 aromatic heterocycles. The van der Waals surface area contributed by atoms with Gasteiger partial charge in [0, 0.05) is 0 Å². The molecule has 116 valence electrons. The summed E-state index contributed by atoms with van der Waals surface area (Å²) in [7, 11) is 0. The summed E-state index contributed by atoms with van der Waals surface area (Å²) in [5.74, 6) is 0. The first-order valence-electron chi connectivity index (χ1n) is 7.91. The molecule has 0 unspecified atom stereocenters. The lowest BCUT2D eigenvalue weighted by Crippen LogP contribution is -2.26. The quantitative estimate of drug-likeness (QED) is 0.378. The Balaban J connectivity index is 2.40. The van der Waals surface area contributed by atoms with E-state index in [0.717, 1.165) is 24.1 Å². The van der Waals surface area contributed by atoms with Gasteiger partial charge in [0.1, 0.15) is 0 Å². The number of nitrogens with two attached hydrogens (primary N) is 1. The monoisotopic (exact) mass is 289 g/mol. The molecule has 0 saturated carbocycles. The van der Waals surface area contributed by atoms with Crippen LogP contribution in [-0.4, -0.2) is 11.7 Å². The number of hydrazone groups is 1. The molecule has 0 fully saturated rings. The van der Waals surface area contributed by atoms with Crippen molar-refractivity contribution >= 4 is 11.7 Å². The van der Waals surface area contributed by atoms with Gasteiger partial charge in [0.2, 0.25) is 0 Å². The van der Waals surface area contributed by atoms with Gasteiger partial charge in [-0.25, -0.2) is 10.2 Å². The zero-order valence-electron chi connectivity index (χ0n) is 13.0. The van der Waals surface area contributed by atoms with Crippen LogP contribution in [0, 0.1) is 0 Å². The Hall–Kier alpha value is -1.84. The third kappa shape index (κ3) is 8.12. The molecule has 2 amide bonds. The van der Waals surface area contributed by atoms with Crippen molar-refractivity contribution in [3.05, 3.63) is 35.9 Å². The zero-order valence-corrected chi connectivity index (χ0v) is 13.0. The minimum absolute atomic E-state index is 0.622. The maximum Gasteiger partial charge on any atom is 0.332 e. The van der Waals surface area contributed by atoms with E-state index >= 15 is 0 Å². The first-order chi connectivity index (χ1) is 10.2. The molecular formula is C17H27N3O. The highest BCUT2D eigenvalue weighted by molar-refractivity contribution is 6.00. The summed E-state index contributed by atoms with van der Waals surface area (Å²) in [5, 5.41) is 4.13. The first-order valence-corrected chi connectivity index (χ1v) is 7.91. The summed E-state index contributed by atoms with van der Waals surface area (Å²) < 4.78 is 0. The van der Waals surface area contributed by atoms with Crippen LogP contribution in [0.4, 0.5) is 4.79 Å². The van der Waals surface area contributed by atoms with E-state index in [9.17, 15) is 4.79 Å². The Morgan fingerprint density at radius 2 is 1.67 bits per heavy atom. The van der Waals surface area contributed by atoms with Crippen LogP contribution in [0.2, 0.25) is 0 Å². The second-order valence-electron chi connectivity index (χ2n) is 5.27. The van der Waals surface area contributed by atoms with E-state index in [1.807, 2.05) is 30.3 Å². The number of primary amides is 1. The van der Waals surface area contributed by atoms with Crippen LogP contribution in [0.25, 0.3) is 0 Å². The second kappa shape index (κ2) is 10.9. The molecule has 4 nitrogen and oxygen atoms in total. The van der Waals surface area contributed by atoms with Crippen LogP contribution < -0.4 is 11.2 Å². The number of unbranched alkanes of at least 4 members (excludes halogenated alkanes) is 6. The molecule has 1 aromatic rings. The smallest absolute Gasteiger partial charge is 0.332 e. The molecule has 0 radical (unpaired) electrons. The largest absolute Gasteiger partial charge is 0.350 e. The molecule has 4 heteroatoms. The van der Waals surface area contributed by atoms with Crippen molar-refractivity contribution < 1.29 is 4.79 Å². The van der Waals surface area contributed by atoms with Gasteiger partial charge in [0.15, 0.2) is 0 Å². The fraction of sp³-hybridized carbons (Fsp3) is 0.529. The molecule has 0 aliphatic rings. The summed E-state index contributed by atoms with van der Waals surface area (Å²) >= 11 is 0. The first kappa shape index (κ1) is 17.2. The maximum absolute atomic E-state index is 10.8. The Labute approximate surface area is 127 Å². The Kier molecular flexibility index (Phi) is 8.93. The molecule has 0 saturated heterocycles. The number of hydrogen-bond acceptors (Lipinski definition) is 2. The van der Waals surface area contributed by atoms with E-state index in [1.54, 1.807) is 0 Å². The number of nitrogens with zero attached hydrogens (tertiary/aromatic N) is 1. The van der Waals surface area contributed by atoms with Crippen LogP contribution in [0.1, 0.15) is 63.9 Å². The fourth-order valence-corrected chi connectivity index (χ4v) is 2.27. The van der Waals surface area contributed by atoms with Crippen LogP contribution in [0.3, 0.4) is 0 Å². The van der Waals surface area contributed by atoms with E-state index in [0.29, 0.717) is 0 Å². The number of carbonyl (C=O) groups excluding carboxylic acids is 1. The molecule has 0 heterocycles. The third-order valence-electron chi connectivity index (χ3n) is 3.43. The number of rotatable bonds is 10. The van der Waals surface area contributed by atoms with Crippen LogP contribution in [-0.2, 0) is 0 Å². The normalized spacial score (nSPS) is 11.4. The zero-order chi connectivity index (χ0) is 15.3. The number of amides is 2. The number of urea groups is 1. The SMILES string of the molecule is CCCCCCCCCC(=NNC(N)=O)c1ccccc1. The number of carbonyl (C=O) groups is 1. The van der Waals surface area contributed by atoms with Gasteiger partial charge in [-0.1, -0.05) is 75.8 Å². The summed E-state index contributed by atoms with van der Waals surface area (Å²) in [6.07, 6.45) is 9.67. The molecule has 0 aliphatic carbocycles. The Bertz CT molecular complexity index is 429. The number of hydrogen-bond donors (Lipinski definition) is 2. The average Bonchev–Trinajstić information content (AvgIpc) is 2.50.